The SMILES string of the molecule is COC(=O)/C=C/C(=O)OCN1CCCCC1. The minimum atomic E-state index is -0.560. The van der Waals surface area contributed by atoms with Crippen molar-refractivity contribution in [2.45, 2.75) is 19.3 Å². The van der Waals surface area contributed by atoms with E-state index in [0.717, 1.165) is 38.1 Å². The number of hydrogen-bond donors (Lipinski definition) is 0. The number of esters is 2. The Kier molecular flexibility index (Phi) is 5.56. The predicted octanol–water partition coefficient (Wildman–Crippen LogP) is 0.702. The Labute approximate surface area is 95.0 Å². The van der Waals surface area contributed by atoms with Crippen molar-refractivity contribution < 1.29 is 19.1 Å². The van der Waals surface area contributed by atoms with Crippen molar-refractivity contribution in [3.05, 3.63) is 12.2 Å². The van der Waals surface area contributed by atoms with Crippen molar-refractivity contribution >= 4 is 11.9 Å². The van der Waals surface area contributed by atoms with Gasteiger partial charge < -0.3 is 9.47 Å². The van der Waals surface area contributed by atoms with Crippen LogP contribution in [0.15, 0.2) is 12.2 Å². The van der Waals surface area contributed by atoms with E-state index in [9.17, 15) is 9.59 Å². The minimum absolute atomic E-state index is 0.296. The van der Waals surface area contributed by atoms with E-state index in [1.54, 1.807) is 0 Å². The topological polar surface area (TPSA) is 55.8 Å². The summed E-state index contributed by atoms with van der Waals surface area (Å²) in [6, 6.07) is 0. The molecular weight excluding hydrogens is 210 g/mol. The maximum absolute atomic E-state index is 11.2. The molecule has 1 aliphatic heterocycles. The molecule has 1 fully saturated rings. The summed E-state index contributed by atoms with van der Waals surface area (Å²) in [5.41, 5.74) is 0. The van der Waals surface area contributed by atoms with Crippen molar-refractivity contribution in [3.63, 3.8) is 0 Å². The molecule has 0 aromatic carbocycles. The molecule has 5 nitrogen and oxygen atoms in total. The summed E-state index contributed by atoms with van der Waals surface area (Å²) >= 11 is 0. The van der Waals surface area contributed by atoms with Crippen molar-refractivity contribution in [1.29, 1.82) is 0 Å². The number of hydrogen-bond acceptors (Lipinski definition) is 5. The van der Waals surface area contributed by atoms with E-state index in [0.29, 0.717) is 6.73 Å². The molecule has 1 heterocycles. The van der Waals surface area contributed by atoms with E-state index in [4.69, 9.17) is 4.74 Å². The summed E-state index contributed by atoms with van der Waals surface area (Å²) in [4.78, 5) is 23.9. The van der Waals surface area contributed by atoms with Crippen LogP contribution in [0.5, 0.6) is 0 Å². The summed E-state index contributed by atoms with van der Waals surface area (Å²) < 4.78 is 9.32. The molecular formula is C11H17NO4. The lowest BCUT2D eigenvalue weighted by Gasteiger charge is -2.25. The normalized spacial score (nSPS) is 17.3. The lowest BCUT2D eigenvalue weighted by Crippen LogP contribution is -2.32. The van der Waals surface area contributed by atoms with Crippen molar-refractivity contribution in [2.24, 2.45) is 0 Å². The Morgan fingerprint density at radius 1 is 1.12 bits per heavy atom. The van der Waals surface area contributed by atoms with Gasteiger partial charge >= 0.3 is 11.9 Å². The number of carbonyl (C=O) groups excluding carboxylic acids is 2. The maximum Gasteiger partial charge on any atom is 0.332 e. The first-order chi connectivity index (χ1) is 7.72. The monoisotopic (exact) mass is 227 g/mol. The third-order valence-corrected chi connectivity index (χ3v) is 2.39. The Morgan fingerprint density at radius 2 is 1.75 bits per heavy atom. The lowest BCUT2D eigenvalue weighted by molar-refractivity contribution is -0.143. The Morgan fingerprint density at radius 3 is 2.38 bits per heavy atom. The molecule has 0 saturated carbocycles. The van der Waals surface area contributed by atoms with E-state index < -0.39 is 11.9 Å². The van der Waals surface area contributed by atoms with Crippen molar-refractivity contribution in [1.82, 2.24) is 4.90 Å². The number of rotatable bonds is 4. The van der Waals surface area contributed by atoms with Gasteiger partial charge in [0.25, 0.3) is 0 Å². The molecule has 0 unspecified atom stereocenters. The van der Waals surface area contributed by atoms with Gasteiger partial charge in [0.1, 0.15) is 6.73 Å². The second kappa shape index (κ2) is 7.00. The minimum Gasteiger partial charge on any atom is -0.466 e. The highest BCUT2D eigenvalue weighted by Crippen LogP contribution is 2.07. The van der Waals surface area contributed by atoms with Gasteiger partial charge in [-0.05, 0) is 12.8 Å². The molecule has 0 aromatic heterocycles. The summed E-state index contributed by atoms with van der Waals surface area (Å²) in [6.07, 6.45) is 5.67. The Bertz CT molecular complexity index is 269. The molecule has 16 heavy (non-hydrogen) atoms. The Balaban J connectivity index is 2.18. The maximum atomic E-state index is 11.2. The van der Waals surface area contributed by atoms with Crippen LogP contribution in [0.3, 0.4) is 0 Å². The summed E-state index contributed by atoms with van der Waals surface area (Å²) in [5.74, 6) is -1.08. The average Bonchev–Trinajstić information content (AvgIpc) is 2.34. The van der Waals surface area contributed by atoms with E-state index in [2.05, 4.69) is 9.64 Å². The van der Waals surface area contributed by atoms with Gasteiger partial charge in [-0.2, -0.15) is 0 Å². The molecule has 90 valence electrons. The molecule has 0 amide bonds. The highest BCUT2D eigenvalue weighted by Gasteiger charge is 2.10. The molecule has 1 aliphatic rings. The lowest BCUT2D eigenvalue weighted by atomic mass is 10.1. The van der Waals surface area contributed by atoms with E-state index >= 15 is 0 Å². The third kappa shape index (κ3) is 4.93. The number of nitrogens with zero attached hydrogens (tertiary/aromatic N) is 1. The van der Waals surface area contributed by atoms with Crippen LogP contribution < -0.4 is 0 Å². The van der Waals surface area contributed by atoms with Crippen molar-refractivity contribution in [3.8, 4) is 0 Å². The molecule has 0 aliphatic carbocycles. The van der Waals surface area contributed by atoms with Gasteiger partial charge in [0, 0.05) is 25.2 Å². The fourth-order valence-electron chi connectivity index (χ4n) is 1.50. The zero-order valence-electron chi connectivity index (χ0n) is 9.48. The molecule has 0 aromatic rings. The summed E-state index contributed by atoms with van der Waals surface area (Å²) in [6.45, 7) is 2.23. The molecule has 0 N–H and O–H groups in total. The quantitative estimate of drug-likeness (QED) is 0.522. The zero-order valence-corrected chi connectivity index (χ0v) is 9.48. The standard InChI is InChI=1S/C11H17NO4/c1-15-10(13)5-6-11(14)16-9-12-7-3-2-4-8-12/h5-6H,2-4,7-9H2,1H3/b6-5+. The van der Waals surface area contributed by atoms with Crippen LogP contribution in [0.2, 0.25) is 0 Å². The fourth-order valence-corrected chi connectivity index (χ4v) is 1.50. The second-order valence-corrected chi connectivity index (χ2v) is 3.63. The van der Waals surface area contributed by atoms with Gasteiger partial charge in [0.05, 0.1) is 7.11 Å². The fraction of sp³-hybridized carbons (Fsp3) is 0.636. The Hall–Kier alpha value is -1.36. The van der Waals surface area contributed by atoms with Crippen LogP contribution in [-0.4, -0.2) is 43.8 Å². The van der Waals surface area contributed by atoms with Gasteiger partial charge in [-0.25, -0.2) is 9.59 Å². The third-order valence-electron chi connectivity index (χ3n) is 2.39. The van der Waals surface area contributed by atoms with Gasteiger partial charge in [-0.3, -0.25) is 4.90 Å². The smallest absolute Gasteiger partial charge is 0.332 e. The first kappa shape index (κ1) is 12.7. The van der Waals surface area contributed by atoms with Gasteiger partial charge in [-0.15, -0.1) is 0 Å². The average molecular weight is 227 g/mol. The first-order valence-electron chi connectivity index (χ1n) is 5.37. The molecule has 5 heteroatoms. The first-order valence-corrected chi connectivity index (χ1v) is 5.37. The van der Waals surface area contributed by atoms with E-state index in [1.807, 2.05) is 0 Å². The van der Waals surface area contributed by atoms with Crippen LogP contribution in [0.1, 0.15) is 19.3 Å². The number of likely N-dealkylation sites (tertiary alicyclic amines) is 1. The van der Waals surface area contributed by atoms with Crippen molar-refractivity contribution in [2.75, 3.05) is 26.9 Å². The molecule has 0 atom stereocenters. The summed E-state index contributed by atoms with van der Waals surface area (Å²) in [5, 5.41) is 0. The van der Waals surface area contributed by atoms with Crippen LogP contribution >= 0.6 is 0 Å². The zero-order chi connectivity index (χ0) is 11.8. The van der Waals surface area contributed by atoms with Gasteiger partial charge in [-0.1, -0.05) is 6.42 Å². The van der Waals surface area contributed by atoms with E-state index in [-0.39, 0.29) is 0 Å². The van der Waals surface area contributed by atoms with Crippen LogP contribution in [0.25, 0.3) is 0 Å². The van der Waals surface area contributed by atoms with Gasteiger partial charge in [0.2, 0.25) is 0 Å². The van der Waals surface area contributed by atoms with Gasteiger partial charge in [0.15, 0.2) is 0 Å². The largest absolute Gasteiger partial charge is 0.466 e. The molecule has 0 radical (unpaired) electrons. The highest BCUT2D eigenvalue weighted by molar-refractivity contribution is 5.91. The predicted molar refractivity (Wildman–Crippen MR) is 57.5 cm³/mol. The number of ether oxygens (including phenoxy) is 2. The molecule has 0 spiro atoms. The van der Waals surface area contributed by atoms with E-state index in [1.165, 1.54) is 13.5 Å². The molecule has 1 saturated heterocycles. The molecule has 0 bridgehead atoms. The highest BCUT2D eigenvalue weighted by atomic mass is 16.5. The van der Waals surface area contributed by atoms with Crippen LogP contribution in [0, 0.1) is 0 Å². The van der Waals surface area contributed by atoms with Crippen LogP contribution in [-0.2, 0) is 19.1 Å². The number of carbonyl (C=O) groups is 2. The second-order valence-electron chi connectivity index (χ2n) is 3.63. The number of methoxy groups -OCH3 is 1. The van der Waals surface area contributed by atoms with Crippen LogP contribution in [0.4, 0.5) is 0 Å². The molecule has 1 rings (SSSR count). The summed E-state index contributed by atoms with van der Waals surface area (Å²) in [7, 11) is 1.26. The number of piperidine rings is 1.